The summed E-state index contributed by atoms with van der Waals surface area (Å²) in [6, 6.07) is 0. The molecule has 0 aliphatic rings. The molecule has 1 aromatic heterocycles. The maximum absolute atomic E-state index is 10.9. The zero-order chi connectivity index (χ0) is 11.5. The third kappa shape index (κ3) is 4.54. The molecular formula is C7H14N4O2S2. The number of sulfone groups is 1. The summed E-state index contributed by atoms with van der Waals surface area (Å²) in [6.07, 6.45) is 1.22. The molecule has 0 aliphatic carbocycles. The number of anilines is 1. The maximum atomic E-state index is 10.9. The van der Waals surface area contributed by atoms with Crippen LogP contribution in [0.4, 0.5) is 5.00 Å². The maximum Gasteiger partial charge on any atom is 0.148 e. The quantitative estimate of drug-likeness (QED) is 0.764. The summed E-state index contributed by atoms with van der Waals surface area (Å²) in [5, 5.41) is 4.44. The summed E-state index contributed by atoms with van der Waals surface area (Å²) in [4.78, 5) is 1.86. The molecular weight excluding hydrogens is 236 g/mol. The van der Waals surface area contributed by atoms with Crippen molar-refractivity contribution in [2.45, 2.75) is 6.54 Å². The lowest BCUT2D eigenvalue weighted by Gasteiger charge is -2.14. The zero-order valence-electron chi connectivity index (χ0n) is 8.67. The Morgan fingerprint density at radius 1 is 1.53 bits per heavy atom. The normalized spacial score (nSPS) is 12.2. The number of nitrogens with two attached hydrogens (primary N) is 1. The van der Waals surface area contributed by atoms with Gasteiger partial charge >= 0.3 is 0 Å². The monoisotopic (exact) mass is 250 g/mol. The molecule has 0 saturated carbocycles. The summed E-state index contributed by atoms with van der Waals surface area (Å²) in [6.45, 7) is 0.994. The highest BCUT2D eigenvalue weighted by Gasteiger charge is 2.10. The van der Waals surface area contributed by atoms with Gasteiger partial charge in [0.25, 0.3) is 0 Å². The number of nitrogen functional groups attached to an aromatic ring is 1. The van der Waals surface area contributed by atoms with Gasteiger partial charge in [0.2, 0.25) is 0 Å². The van der Waals surface area contributed by atoms with Crippen LogP contribution in [0.2, 0.25) is 0 Å². The van der Waals surface area contributed by atoms with Gasteiger partial charge in [0, 0.05) is 30.9 Å². The van der Waals surface area contributed by atoms with Crippen molar-refractivity contribution in [3.63, 3.8) is 0 Å². The van der Waals surface area contributed by atoms with E-state index in [0.29, 0.717) is 23.8 Å². The summed E-state index contributed by atoms with van der Waals surface area (Å²) in [5.41, 5.74) is 6.32. The molecule has 86 valence electrons. The van der Waals surface area contributed by atoms with Crippen LogP contribution in [0.15, 0.2) is 0 Å². The highest BCUT2D eigenvalue weighted by molar-refractivity contribution is 7.90. The molecule has 0 atom stereocenters. The van der Waals surface area contributed by atoms with E-state index < -0.39 is 9.84 Å². The summed E-state index contributed by atoms with van der Waals surface area (Å²) in [7, 11) is -1.09. The Balaban J connectivity index is 2.43. The Morgan fingerprint density at radius 3 is 2.67 bits per heavy atom. The Labute approximate surface area is 93.2 Å². The molecule has 0 spiro atoms. The van der Waals surface area contributed by atoms with E-state index in [0.717, 1.165) is 11.5 Å². The minimum Gasteiger partial charge on any atom is -0.388 e. The van der Waals surface area contributed by atoms with Crippen molar-refractivity contribution in [3.05, 3.63) is 5.69 Å². The molecule has 0 unspecified atom stereocenters. The van der Waals surface area contributed by atoms with Crippen LogP contribution in [-0.2, 0) is 16.4 Å². The molecule has 0 fully saturated rings. The average molecular weight is 250 g/mol. The molecule has 1 aromatic rings. The summed E-state index contributed by atoms with van der Waals surface area (Å²) >= 11 is 1.14. The lowest BCUT2D eigenvalue weighted by molar-refractivity contribution is 0.342. The summed E-state index contributed by atoms with van der Waals surface area (Å²) < 4.78 is 25.6. The topological polar surface area (TPSA) is 89.2 Å². The van der Waals surface area contributed by atoms with Crippen molar-refractivity contribution in [1.82, 2.24) is 14.5 Å². The minimum absolute atomic E-state index is 0.140. The first-order chi connectivity index (χ1) is 6.88. The molecule has 8 heteroatoms. The highest BCUT2D eigenvalue weighted by Crippen LogP contribution is 2.13. The highest BCUT2D eigenvalue weighted by atomic mass is 32.2. The van der Waals surface area contributed by atoms with E-state index in [1.165, 1.54) is 6.26 Å². The molecule has 1 heterocycles. The first-order valence-corrected chi connectivity index (χ1v) is 7.15. The van der Waals surface area contributed by atoms with E-state index in [-0.39, 0.29) is 5.75 Å². The lowest BCUT2D eigenvalue weighted by Crippen LogP contribution is -2.25. The Kier molecular flexibility index (Phi) is 4.00. The van der Waals surface area contributed by atoms with Gasteiger partial charge in [-0.15, -0.1) is 5.10 Å². The number of hydrogen-bond acceptors (Lipinski definition) is 7. The van der Waals surface area contributed by atoms with Gasteiger partial charge in [0.15, 0.2) is 0 Å². The van der Waals surface area contributed by atoms with Crippen LogP contribution in [0.1, 0.15) is 5.69 Å². The molecule has 1 rings (SSSR count). The molecule has 0 saturated heterocycles. The van der Waals surface area contributed by atoms with E-state index in [2.05, 4.69) is 9.59 Å². The van der Waals surface area contributed by atoms with Crippen LogP contribution in [-0.4, -0.2) is 48.5 Å². The van der Waals surface area contributed by atoms with E-state index in [1.807, 2.05) is 11.9 Å². The Morgan fingerprint density at radius 2 is 2.20 bits per heavy atom. The molecule has 15 heavy (non-hydrogen) atoms. The van der Waals surface area contributed by atoms with Crippen LogP contribution in [0, 0.1) is 0 Å². The van der Waals surface area contributed by atoms with Crippen LogP contribution in [0.5, 0.6) is 0 Å². The third-order valence-electron chi connectivity index (χ3n) is 1.85. The van der Waals surface area contributed by atoms with E-state index in [4.69, 9.17) is 5.73 Å². The number of aromatic nitrogens is 2. The van der Waals surface area contributed by atoms with Gasteiger partial charge in [-0.3, -0.25) is 4.90 Å². The smallest absolute Gasteiger partial charge is 0.148 e. The molecule has 6 nitrogen and oxygen atoms in total. The first-order valence-electron chi connectivity index (χ1n) is 4.31. The van der Waals surface area contributed by atoms with Gasteiger partial charge in [0.05, 0.1) is 5.75 Å². The number of nitrogens with zero attached hydrogens (tertiary/aromatic N) is 3. The molecule has 0 bridgehead atoms. The Hall–Kier alpha value is -0.730. The number of hydrogen-bond donors (Lipinski definition) is 1. The summed E-state index contributed by atoms with van der Waals surface area (Å²) in [5.74, 6) is 0.140. The third-order valence-corrected chi connectivity index (χ3v) is 3.37. The van der Waals surface area contributed by atoms with Crippen LogP contribution >= 0.6 is 11.5 Å². The van der Waals surface area contributed by atoms with Crippen LogP contribution in [0.3, 0.4) is 0 Å². The van der Waals surface area contributed by atoms with Crippen molar-refractivity contribution in [1.29, 1.82) is 0 Å². The SMILES string of the molecule is CN(CCS(C)(=O)=O)Cc1nnsc1N. The predicted octanol–water partition coefficient (Wildman–Crippen LogP) is -0.403. The molecule has 0 radical (unpaired) electrons. The molecule has 0 aromatic carbocycles. The predicted molar refractivity (Wildman–Crippen MR) is 60.4 cm³/mol. The fourth-order valence-corrected chi connectivity index (χ4v) is 2.06. The molecule has 0 aliphatic heterocycles. The van der Waals surface area contributed by atoms with Gasteiger partial charge in [-0.05, 0) is 7.05 Å². The minimum atomic E-state index is -2.91. The van der Waals surface area contributed by atoms with Crippen molar-refractivity contribution in [2.75, 3.05) is 31.3 Å². The fourth-order valence-electron chi connectivity index (χ4n) is 0.982. The standard InChI is InChI=1S/C7H14N4O2S2/c1-11(3-4-15(2,12)13)5-6-7(8)14-10-9-6/h3-5,8H2,1-2H3. The van der Waals surface area contributed by atoms with Crippen LogP contribution in [0.25, 0.3) is 0 Å². The van der Waals surface area contributed by atoms with Crippen molar-refractivity contribution in [3.8, 4) is 0 Å². The van der Waals surface area contributed by atoms with E-state index in [1.54, 1.807) is 0 Å². The van der Waals surface area contributed by atoms with Crippen molar-refractivity contribution in [2.24, 2.45) is 0 Å². The first kappa shape index (κ1) is 12.3. The number of rotatable bonds is 5. The second-order valence-corrected chi connectivity index (χ2v) is 6.50. The van der Waals surface area contributed by atoms with Gasteiger partial charge in [-0.25, -0.2) is 8.42 Å². The largest absolute Gasteiger partial charge is 0.388 e. The van der Waals surface area contributed by atoms with Gasteiger partial charge in [-0.1, -0.05) is 4.49 Å². The van der Waals surface area contributed by atoms with Gasteiger partial charge in [-0.2, -0.15) is 0 Å². The average Bonchev–Trinajstić information content (AvgIpc) is 2.47. The van der Waals surface area contributed by atoms with Gasteiger partial charge in [0.1, 0.15) is 20.5 Å². The van der Waals surface area contributed by atoms with E-state index in [9.17, 15) is 8.42 Å². The van der Waals surface area contributed by atoms with Crippen molar-refractivity contribution >= 4 is 26.4 Å². The van der Waals surface area contributed by atoms with Crippen LogP contribution < -0.4 is 5.73 Å². The Bertz CT molecular complexity index is 414. The fraction of sp³-hybridized carbons (Fsp3) is 0.714. The van der Waals surface area contributed by atoms with Gasteiger partial charge < -0.3 is 5.73 Å². The molecule has 0 amide bonds. The zero-order valence-corrected chi connectivity index (χ0v) is 10.3. The second-order valence-electron chi connectivity index (χ2n) is 3.45. The molecule has 2 N–H and O–H groups in total. The van der Waals surface area contributed by atoms with E-state index >= 15 is 0 Å². The lowest BCUT2D eigenvalue weighted by atomic mass is 10.4. The second kappa shape index (κ2) is 4.86. The van der Waals surface area contributed by atoms with Crippen molar-refractivity contribution < 1.29 is 8.42 Å².